The molecule has 3 rings (SSSR count). The van der Waals surface area contributed by atoms with Crippen molar-refractivity contribution in [2.45, 2.75) is 19.5 Å². The minimum Gasteiger partial charge on any atom is -0.497 e. The Kier molecular flexibility index (Phi) is 7.57. The monoisotopic (exact) mass is 408 g/mol. The number of amides is 2. The SMILES string of the molecule is COc1ccc(/C=C/C(=O)NC(C)C(=O)N2CCN(Cc3ccncc3)CC2)cc1. The first-order valence-corrected chi connectivity index (χ1v) is 10.1. The number of aromatic nitrogens is 1. The molecule has 1 atom stereocenters. The Bertz CT molecular complexity index is 860. The van der Waals surface area contributed by atoms with Gasteiger partial charge in [0.15, 0.2) is 0 Å². The first-order valence-electron chi connectivity index (χ1n) is 10.1. The third kappa shape index (κ3) is 6.15. The van der Waals surface area contributed by atoms with Crippen LogP contribution in [-0.2, 0) is 16.1 Å². The van der Waals surface area contributed by atoms with Gasteiger partial charge in [-0.25, -0.2) is 0 Å². The van der Waals surface area contributed by atoms with E-state index in [4.69, 9.17) is 4.74 Å². The number of benzene rings is 1. The molecule has 0 radical (unpaired) electrons. The fraction of sp³-hybridized carbons (Fsp3) is 0.348. The Hall–Kier alpha value is -3.19. The highest BCUT2D eigenvalue weighted by molar-refractivity contribution is 5.95. The maximum atomic E-state index is 12.7. The van der Waals surface area contributed by atoms with E-state index in [0.717, 1.165) is 30.9 Å². The molecule has 1 unspecified atom stereocenters. The predicted octanol–water partition coefficient (Wildman–Crippen LogP) is 1.95. The Balaban J connectivity index is 1.43. The number of carbonyl (C=O) groups excluding carboxylic acids is 2. The number of piperazine rings is 1. The summed E-state index contributed by atoms with van der Waals surface area (Å²) in [4.78, 5) is 33.1. The molecule has 1 saturated heterocycles. The van der Waals surface area contributed by atoms with Gasteiger partial charge in [-0.15, -0.1) is 0 Å². The average Bonchev–Trinajstić information content (AvgIpc) is 2.78. The zero-order valence-corrected chi connectivity index (χ0v) is 17.5. The lowest BCUT2D eigenvalue weighted by atomic mass is 10.2. The smallest absolute Gasteiger partial charge is 0.244 e. The normalized spacial score (nSPS) is 15.7. The highest BCUT2D eigenvalue weighted by Gasteiger charge is 2.25. The van der Waals surface area contributed by atoms with Crippen molar-refractivity contribution >= 4 is 17.9 Å². The van der Waals surface area contributed by atoms with Gasteiger partial charge in [-0.05, 0) is 48.4 Å². The van der Waals surface area contributed by atoms with Crippen LogP contribution in [0, 0.1) is 0 Å². The number of nitrogens with zero attached hydrogens (tertiary/aromatic N) is 3. The van der Waals surface area contributed by atoms with Gasteiger partial charge in [-0.3, -0.25) is 19.5 Å². The number of pyridine rings is 1. The summed E-state index contributed by atoms with van der Waals surface area (Å²) in [5.41, 5.74) is 2.10. The van der Waals surface area contributed by atoms with Gasteiger partial charge in [0.1, 0.15) is 11.8 Å². The fourth-order valence-electron chi connectivity index (χ4n) is 3.36. The van der Waals surface area contributed by atoms with Gasteiger partial charge in [0.25, 0.3) is 0 Å². The number of hydrogen-bond donors (Lipinski definition) is 1. The maximum Gasteiger partial charge on any atom is 0.244 e. The quantitative estimate of drug-likeness (QED) is 0.709. The minimum absolute atomic E-state index is 0.0511. The summed E-state index contributed by atoms with van der Waals surface area (Å²) >= 11 is 0. The van der Waals surface area contributed by atoms with Crippen LogP contribution in [0.25, 0.3) is 6.08 Å². The molecule has 2 aromatic rings. The molecule has 1 fully saturated rings. The third-order valence-electron chi connectivity index (χ3n) is 5.11. The van der Waals surface area contributed by atoms with Crippen LogP contribution >= 0.6 is 0 Å². The maximum absolute atomic E-state index is 12.7. The Morgan fingerprint density at radius 2 is 1.77 bits per heavy atom. The lowest BCUT2D eigenvalue weighted by Crippen LogP contribution is -2.53. The summed E-state index contributed by atoms with van der Waals surface area (Å²) in [6.45, 7) is 5.52. The molecule has 2 amide bonds. The topological polar surface area (TPSA) is 74.8 Å². The third-order valence-corrected chi connectivity index (χ3v) is 5.11. The molecule has 1 aromatic heterocycles. The van der Waals surface area contributed by atoms with Crippen molar-refractivity contribution in [3.8, 4) is 5.75 Å². The van der Waals surface area contributed by atoms with Gasteiger partial charge in [-0.1, -0.05) is 12.1 Å². The standard InChI is InChI=1S/C23H28N4O3/c1-18(25-22(28)8-5-19-3-6-21(30-2)7-4-19)23(29)27-15-13-26(14-16-27)17-20-9-11-24-12-10-20/h3-12,18H,13-17H2,1-2H3,(H,25,28)/b8-5+. The molecule has 0 aliphatic carbocycles. The van der Waals surface area contributed by atoms with Gasteiger partial charge >= 0.3 is 0 Å². The highest BCUT2D eigenvalue weighted by atomic mass is 16.5. The van der Waals surface area contributed by atoms with Gasteiger partial charge in [0.05, 0.1) is 7.11 Å². The second-order valence-electron chi connectivity index (χ2n) is 7.29. The molecule has 1 aliphatic rings. The second kappa shape index (κ2) is 10.5. The molecule has 0 saturated carbocycles. The van der Waals surface area contributed by atoms with Gasteiger partial charge in [-0.2, -0.15) is 0 Å². The van der Waals surface area contributed by atoms with Crippen molar-refractivity contribution in [1.29, 1.82) is 0 Å². The van der Waals surface area contributed by atoms with E-state index < -0.39 is 6.04 Å². The molecule has 158 valence electrons. The van der Waals surface area contributed by atoms with E-state index in [-0.39, 0.29) is 11.8 Å². The summed E-state index contributed by atoms with van der Waals surface area (Å²) < 4.78 is 5.12. The lowest BCUT2D eigenvalue weighted by Gasteiger charge is -2.36. The summed E-state index contributed by atoms with van der Waals surface area (Å²) in [5, 5.41) is 2.76. The minimum atomic E-state index is -0.565. The summed E-state index contributed by atoms with van der Waals surface area (Å²) in [7, 11) is 1.61. The first kappa shape index (κ1) is 21.5. The molecular formula is C23H28N4O3. The zero-order chi connectivity index (χ0) is 21.3. The number of rotatable bonds is 7. The Morgan fingerprint density at radius 3 is 2.40 bits per heavy atom. The molecule has 7 nitrogen and oxygen atoms in total. The van der Waals surface area contributed by atoms with E-state index in [0.29, 0.717) is 13.1 Å². The van der Waals surface area contributed by atoms with E-state index in [1.54, 1.807) is 32.5 Å². The van der Waals surface area contributed by atoms with Crippen molar-refractivity contribution < 1.29 is 14.3 Å². The van der Waals surface area contributed by atoms with Crippen LogP contribution in [0.5, 0.6) is 5.75 Å². The fourth-order valence-corrected chi connectivity index (χ4v) is 3.36. The van der Waals surface area contributed by atoms with Crippen molar-refractivity contribution in [2.24, 2.45) is 0 Å². The number of methoxy groups -OCH3 is 1. The summed E-state index contributed by atoms with van der Waals surface area (Å²) in [6.07, 6.45) is 6.74. The van der Waals surface area contributed by atoms with E-state index in [9.17, 15) is 9.59 Å². The average molecular weight is 409 g/mol. The molecule has 1 N–H and O–H groups in total. The number of ether oxygens (including phenoxy) is 1. The van der Waals surface area contributed by atoms with Crippen LogP contribution in [-0.4, -0.2) is 65.9 Å². The van der Waals surface area contributed by atoms with Crippen molar-refractivity contribution in [3.05, 3.63) is 66.0 Å². The van der Waals surface area contributed by atoms with Gasteiger partial charge in [0.2, 0.25) is 11.8 Å². The van der Waals surface area contributed by atoms with Crippen LogP contribution in [0.4, 0.5) is 0 Å². The van der Waals surface area contributed by atoms with Crippen LogP contribution in [0.3, 0.4) is 0 Å². The Labute approximate surface area is 177 Å². The molecule has 2 heterocycles. The summed E-state index contributed by atoms with van der Waals surface area (Å²) in [5.74, 6) is 0.421. The van der Waals surface area contributed by atoms with E-state index in [1.165, 1.54) is 11.6 Å². The Morgan fingerprint density at radius 1 is 1.10 bits per heavy atom. The second-order valence-corrected chi connectivity index (χ2v) is 7.29. The molecular weight excluding hydrogens is 380 g/mol. The van der Waals surface area contributed by atoms with Crippen molar-refractivity contribution in [2.75, 3.05) is 33.3 Å². The molecule has 7 heteroatoms. The first-order chi connectivity index (χ1) is 14.5. The molecule has 1 aliphatic heterocycles. The predicted molar refractivity (Wildman–Crippen MR) is 116 cm³/mol. The lowest BCUT2D eigenvalue weighted by molar-refractivity contribution is -0.136. The largest absolute Gasteiger partial charge is 0.497 e. The van der Waals surface area contributed by atoms with Crippen LogP contribution < -0.4 is 10.1 Å². The van der Waals surface area contributed by atoms with Crippen molar-refractivity contribution in [1.82, 2.24) is 20.1 Å². The highest BCUT2D eigenvalue weighted by Crippen LogP contribution is 2.12. The molecule has 0 bridgehead atoms. The number of hydrogen-bond acceptors (Lipinski definition) is 5. The van der Waals surface area contributed by atoms with Crippen molar-refractivity contribution in [3.63, 3.8) is 0 Å². The van der Waals surface area contributed by atoms with Crippen LogP contribution in [0.1, 0.15) is 18.1 Å². The molecule has 30 heavy (non-hydrogen) atoms. The van der Waals surface area contributed by atoms with E-state index >= 15 is 0 Å². The molecule has 1 aromatic carbocycles. The van der Waals surface area contributed by atoms with Gasteiger partial charge < -0.3 is 15.0 Å². The van der Waals surface area contributed by atoms with Gasteiger partial charge in [0, 0.05) is 51.2 Å². The van der Waals surface area contributed by atoms with E-state index in [2.05, 4.69) is 15.2 Å². The van der Waals surface area contributed by atoms with Crippen LogP contribution in [0.15, 0.2) is 54.9 Å². The summed E-state index contributed by atoms with van der Waals surface area (Å²) in [6, 6.07) is 10.8. The van der Waals surface area contributed by atoms with E-state index in [1.807, 2.05) is 41.3 Å². The zero-order valence-electron chi connectivity index (χ0n) is 17.5. The van der Waals surface area contributed by atoms with Crippen LogP contribution in [0.2, 0.25) is 0 Å². The number of carbonyl (C=O) groups is 2. The number of nitrogens with one attached hydrogen (secondary N) is 1. The molecule has 0 spiro atoms.